The monoisotopic (exact) mass is 411 g/mol. The molecule has 0 atom stereocenters. The highest BCUT2D eigenvalue weighted by Crippen LogP contribution is 2.22. The number of rotatable bonds is 7. The van der Waals surface area contributed by atoms with E-state index in [0.29, 0.717) is 11.4 Å². The summed E-state index contributed by atoms with van der Waals surface area (Å²) < 4.78 is 0.891. The number of amides is 2. The van der Waals surface area contributed by atoms with E-state index in [0.717, 1.165) is 16.6 Å². The van der Waals surface area contributed by atoms with Crippen LogP contribution in [0.15, 0.2) is 15.9 Å². The number of thiophene rings is 1. The first-order valence-electron chi connectivity index (χ1n) is 6.87. The molecule has 22 heavy (non-hydrogen) atoms. The minimum absolute atomic E-state index is 0. The van der Waals surface area contributed by atoms with Crippen LogP contribution in [0.25, 0.3) is 0 Å². The van der Waals surface area contributed by atoms with Gasteiger partial charge in [-0.3, -0.25) is 9.59 Å². The van der Waals surface area contributed by atoms with Gasteiger partial charge in [0, 0.05) is 19.1 Å². The van der Waals surface area contributed by atoms with Crippen LogP contribution < -0.4 is 11.1 Å². The Morgan fingerprint density at radius 1 is 1.36 bits per heavy atom. The van der Waals surface area contributed by atoms with Crippen LogP contribution >= 0.6 is 39.7 Å². The lowest BCUT2D eigenvalue weighted by Gasteiger charge is -2.27. The summed E-state index contributed by atoms with van der Waals surface area (Å²) in [4.78, 5) is 26.0. The Morgan fingerprint density at radius 2 is 1.95 bits per heavy atom. The Hall–Kier alpha value is -0.630. The molecule has 1 aromatic heterocycles. The predicted molar refractivity (Wildman–Crippen MR) is 96.7 cm³/mol. The summed E-state index contributed by atoms with van der Waals surface area (Å²) in [6, 6.07) is 3.56. The Morgan fingerprint density at radius 3 is 2.41 bits per heavy atom. The third kappa shape index (κ3) is 6.24. The van der Waals surface area contributed by atoms with Crippen molar-refractivity contribution in [1.82, 2.24) is 10.2 Å². The van der Waals surface area contributed by atoms with Gasteiger partial charge in [-0.25, -0.2) is 0 Å². The maximum atomic E-state index is 12.1. The highest BCUT2D eigenvalue weighted by atomic mass is 79.9. The lowest BCUT2D eigenvalue weighted by Crippen LogP contribution is -2.51. The molecule has 0 aliphatic rings. The standard InChI is InChI=1S/C14H22BrN3O2S.ClH/c1-4-14(16,5-2)9-17-12(19)8-18(3)13(20)10-6-7-11(15)21-10;/h6-7H,4-5,8-9,16H2,1-3H3,(H,17,19);1H. The van der Waals surface area contributed by atoms with Crippen molar-refractivity contribution in [3.05, 3.63) is 20.8 Å². The molecule has 126 valence electrons. The van der Waals surface area contributed by atoms with E-state index in [9.17, 15) is 9.59 Å². The van der Waals surface area contributed by atoms with E-state index < -0.39 is 0 Å². The van der Waals surface area contributed by atoms with Gasteiger partial charge in [0.2, 0.25) is 5.91 Å². The van der Waals surface area contributed by atoms with E-state index in [1.807, 2.05) is 19.9 Å². The fourth-order valence-electron chi connectivity index (χ4n) is 1.74. The summed E-state index contributed by atoms with van der Waals surface area (Å²) in [6.07, 6.45) is 1.59. The zero-order chi connectivity index (χ0) is 16.0. The molecule has 0 saturated heterocycles. The molecule has 1 aromatic rings. The molecule has 5 nitrogen and oxygen atoms in total. The zero-order valence-electron chi connectivity index (χ0n) is 13.0. The number of carbonyl (C=O) groups excluding carboxylic acids is 2. The topological polar surface area (TPSA) is 75.4 Å². The fraction of sp³-hybridized carbons (Fsp3) is 0.571. The van der Waals surface area contributed by atoms with Gasteiger partial charge in [-0.15, -0.1) is 23.7 Å². The zero-order valence-corrected chi connectivity index (χ0v) is 16.2. The molecule has 0 aromatic carbocycles. The van der Waals surface area contributed by atoms with E-state index >= 15 is 0 Å². The molecule has 0 aliphatic heterocycles. The molecule has 0 radical (unpaired) electrons. The molecule has 0 aliphatic carbocycles. The second-order valence-corrected chi connectivity index (χ2v) is 7.57. The molecule has 1 heterocycles. The maximum Gasteiger partial charge on any atom is 0.264 e. The van der Waals surface area contributed by atoms with Gasteiger partial charge < -0.3 is 16.0 Å². The van der Waals surface area contributed by atoms with Crippen LogP contribution in [0.4, 0.5) is 0 Å². The van der Waals surface area contributed by atoms with Crippen molar-refractivity contribution in [2.45, 2.75) is 32.2 Å². The Balaban J connectivity index is 0.00000441. The fourth-order valence-corrected chi connectivity index (χ4v) is 3.12. The molecule has 3 N–H and O–H groups in total. The van der Waals surface area contributed by atoms with Crippen molar-refractivity contribution >= 4 is 51.5 Å². The third-order valence-corrected chi connectivity index (χ3v) is 5.17. The molecule has 0 saturated carbocycles. The van der Waals surface area contributed by atoms with Gasteiger partial charge in [0.05, 0.1) is 15.2 Å². The highest BCUT2D eigenvalue weighted by molar-refractivity contribution is 9.11. The number of nitrogens with two attached hydrogens (primary N) is 1. The SMILES string of the molecule is CCC(N)(CC)CNC(=O)CN(C)C(=O)c1ccc(Br)s1.Cl. The summed E-state index contributed by atoms with van der Waals surface area (Å²) in [5, 5.41) is 2.80. The van der Waals surface area contributed by atoms with Gasteiger partial charge in [-0.05, 0) is 40.9 Å². The summed E-state index contributed by atoms with van der Waals surface area (Å²) in [7, 11) is 1.62. The first kappa shape index (κ1) is 21.4. The van der Waals surface area contributed by atoms with Crippen LogP contribution in [0.5, 0.6) is 0 Å². The van der Waals surface area contributed by atoms with Crippen molar-refractivity contribution in [3.8, 4) is 0 Å². The molecule has 0 bridgehead atoms. The van der Waals surface area contributed by atoms with Gasteiger partial charge in [0.25, 0.3) is 5.91 Å². The molecule has 2 amide bonds. The summed E-state index contributed by atoms with van der Waals surface area (Å²) in [6.45, 7) is 4.45. The van der Waals surface area contributed by atoms with E-state index in [1.54, 1.807) is 13.1 Å². The smallest absolute Gasteiger partial charge is 0.264 e. The Kier molecular flexibility index (Phi) is 9.22. The second-order valence-electron chi connectivity index (χ2n) is 5.11. The lowest BCUT2D eigenvalue weighted by atomic mass is 9.94. The van der Waals surface area contributed by atoms with Gasteiger partial charge in [0.1, 0.15) is 0 Å². The van der Waals surface area contributed by atoms with Crippen molar-refractivity contribution < 1.29 is 9.59 Å². The second kappa shape index (κ2) is 9.50. The minimum atomic E-state index is -0.378. The molecular formula is C14H23BrClN3O2S. The molecule has 0 unspecified atom stereocenters. The number of likely N-dealkylation sites (N-methyl/N-ethyl adjacent to an activating group) is 1. The van der Waals surface area contributed by atoms with Gasteiger partial charge >= 0.3 is 0 Å². The lowest BCUT2D eigenvalue weighted by molar-refractivity contribution is -0.121. The van der Waals surface area contributed by atoms with Gasteiger partial charge in [-0.1, -0.05) is 13.8 Å². The number of nitrogens with one attached hydrogen (secondary N) is 1. The van der Waals surface area contributed by atoms with E-state index in [2.05, 4.69) is 21.2 Å². The van der Waals surface area contributed by atoms with E-state index in [-0.39, 0.29) is 36.3 Å². The number of hydrogen-bond donors (Lipinski definition) is 2. The average molecular weight is 413 g/mol. The maximum absolute atomic E-state index is 12.1. The number of nitrogens with zero attached hydrogens (tertiary/aromatic N) is 1. The molecule has 1 rings (SSSR count). The van der Waals surface area contributed by atoms with Crippen molar-refractivity contribution in [1.29, 1.82) is 0 Å². The number of hydrogen-bond acceptors (Lipinski definition) is 4. The largest absolute Gasteiger partial charge is 0.353 e. The first-order valence-corrected chi connectivity index (χ1v) is 8.48. The summed E-state index contributed by atoms with van der Waals surface area (Å²) >= 11 is 4.67. The van der Waals surface area contributed by atoms with Crippen LogP contribution in [0.2, 0.25) is 0 Å². The Bertz CT molecular complexity index is 506. The van der Waals surface area contributed by atoms with Crippen LogP contribution in [-0.2, 0) is 4.79 Å². The molecule has 0 spiro atoms. The van der Waals surface area contributed by atoms with Crippen LogP contribution in [0, 0.1) is 0 Å². The van der Waals surface area contributed by atoms with Crippen LogP contribution in [-0.4, -0.2) is 42.4 Å². The van der Waals surface area contributed by atoms with Gasteiger partial charge in [-0.2, -0.15) is 0 Å². The molecule has 0 fully saturated rings. The number of carbonyl (C=O) groups is 2. The van der Waals surface area contributed by atoms with E-state index in [4.69, 9.17) is 5.73 Å². The van der Waals surface area contributed by atoms with Crippen molar-refractivity contribution in [2.75, 3.05) is 20.1 Å². The van der Waals surface area contributed by atoms with Crippen molar-refractivity contribution in [2.24, 2.45) is 5.73 Å². The highest BCUT2D eigenvalue weighted by Gasteiger charge is 2.22. The van der Waals surface area contributed by atoms with Gasteiger partial charge in [0.15, 0.2) is 0 Å². The first-order chi connectivity index (χ1) is 9.81. The van der Waals surface area contributed by atoms with Crippen LogP contribution in [0.3, 0.4) is 0 Å². The summed E-state index contributed by atoms with van der Waals surface area (Å²) in [5.74, 6) is -0.357. The molecule has 8 heteroatoms. The quantitative estimate of drug-likeness (QED) is 0.723. The Labute approximate surface area is 150 Å². The van der Waals surface area contributed by atoms with E-state index in [1.165, 1.54) is 16.2 Å². The average Bonchev–Trinajstić information content (AvgIpc) is 2.90. The third-order valence-electron chi connectivity index (χ3n) is 3.56. The minimum Gasteiger partial charge on any atom is -0.353 e. The predicted octanol–water partition coefficient (Wildman–Crippen LogP) is 2.64. The van der Waals surface area contributed by atoms with Crippen LogP contribution in [0.1, 0.15) is 36.4 Å². The summed E-state index contributed by atoms with van der Waals surface area (Å²) in [5.41, 5.74) is 5.75. The van der Waals surface area contributed by atoms with Crippen molar-refractivity contribution in [3.63, 3.8) is 0 Å². The number of halogens is 2. The molecular weight excluding hydrogens is 390 g/mol. The normalized spacial score (nSPS) is 10.8.